The number of allylic oxidation sites excluding steroid dienone is 1. The highest BCUT2D eigenvalue weighted by molar-refractivity contribution is 8.03. The fraction of sp³-hybridized carbons (Fsp3) is 0.0833. The Labute approximate surface area is 114 Å². The quantitative estimate of drug-likeness (QED) is 0.582. The van der Waals surface area contributed by atoms with Gasteiger partial charge >= 0.3 is 6.18 Å². The molecule has 8 heteroatoms. The second kappa shape index (κ2) is 5.66. The van der Waals surface area contributed by atoms with Crippen molar-refractivity contribution in [2.24, 2.45) is 0 Å². The van der Waals surface area contributed by atoms with Gasteiger partial charge in [0.1, 0.15) is 5.69 Å². The summed E-state index contributed by atoms with van der Waals surface area (Å²) >= 11 is -0.205. The monoisotopic (exact) mass is 307 g/mol. The van der Waals surface area contributed by atoms with E-state index in [4.69, 9.17) is 0 Å². The van der Waals surface area contributed by atoms with Gasteiger partial charge in [-0.25, -0.2) is 0 Å². The summed E-state index contributed by atoms with van der Waals surface area (Å²) in [5, 5.41) is 3.19. The van der Waals surface area contributed by atoms with Crippen molar-refractivity contribution in [3.63, 3.8) is 0 Å². The Hall–Kier alpha value is -1.83. The molecule has 0 aliphatic rings. The minimum absolute atomic E-state index is 0.205. The van der Waals surface area contributed by atoms with E-state index in [9.17, 15) is 22.0 Å². The first kappa shape index (κ1) is 14.6. The van der Waals surface area contributed by atoms with Gasteiger partial charge in [-0.15, -0.1) is 0 Å². The van der Waals surface area contributed by atoms with Crippen molar-refractivity contribution in [1.82, 2.24) is 5.16 Å². The summed E-state index contributed by atoms with van der Waals surface area (Å²) < 4.78 is 66.3. The second-order valence-corrected chi connectivity index (χ2v) is 4.60. The van der Waals surface area contributed by atoms with Crippen LogP contribution < -0.4 is 0 Å². The molecule has 1 aromatic carbocycles. The van der Waals surface area contributed by atoms with Crippen LogP contribution in [0.1, 0.15) is 0 Å². The van der Waals surface area contributed by atoms with E-state index in [0.29, 0.717) is 5.56 Å². The van der Waals surface area contributed by atoms with E-state index in [1.165, 1.54) is 6.07 Å². The van der Waals surface area contributed by atoms with Crippen molar-refractivity contribution in [2.75, 3.05) is 0 Å². The van der Waals surface area contributed by atoms with Crippen LogP contribution in [0.25, 0.3) is 11.3 Å². The van der Waals surface area contributed by atoms with Crippen molar-refractivity contribution < 1.29 is 26.5 Å². The molecule has 106 valence electrons. The second-order valence-electron chi connectivity index (χ2n) is 3.59. The standard InChI is InChI=1S/C12H6F5NOS/c13-11(14)10(12(15,16)17)20-9-6-8(18-19-9)7-4-2-1-3-5-7/h1-6H. The molecule has 0 bridgehead atoms. The number of aromatic nitrogens is 1. The SMILES string of the molecule is FC(F)=C(Sc1cc(-c2ccccc2)no1)C(F)(F)F. The lowest BCUT2D eigenvalue weighted by Gasteiger charge is -2.06. The van der Waals surface area contributed by atoms with Crippen molar-refractivity contribution in [1.29, 1.82) is 0 Å². The van der Waals surface area contributed by atoms with E-state index in [0.717, 1.165) is 0 Å². The number of thioether (sulfide) groups is 1. The number of hydrogen-bond donors (Lipinski definition) is 0. The predicted octanol–water partition coefficient (Wildman–Crippen LogP) is 5.10. The number of halogens is 5. The van der Waals surface area contributed by atoms with Gasteiger partial charge in [0, 0.05) is 11.6 Å². The van der Waals surface area contributed by atoms with Crippen LogP contribution in [0, 0.1) is 0 Å². The maximum atomic E-state index is 12.4. The zero-order chi connectivity index (χ0) is 14.8. The Morgan fingerprint density at radius 1 is 1.10 bits per heavy atom. The van der Waals surface area contributed by atoms with Crippen molar-refractivity contribution in [3.05, 3.63) is 47.4 Å². The smallest absolute Gasteiger partial charge is 0.349 e. The van der Waals surface area contributed by atoms with Crippen LogP contribution >= 0.6 is 11.8 Å². The minimum atomic E-state index is -5.14. The highest BCUT2D eigenvalue weighted by Crippen LogP contribution is 2.42. The molecule has 2 rings (SSSR count). The van der Waals surface area contributed by atoms with Crippen LogP contribution in [-0.4, -0.2) is 11.3 Å². The Balaban J connectivity index is 2.24. The van der Waals surface area contributed by atoms with E-state index in [-0.39, 0.29) is 22.5 Å². The van der Waals surface area contributed by atoms with Crippen LogP contribution in [0.4, 0.5) is 22.0 Å². The summed E-state index contributed by atoms with van der Waals surface area (Å²) in [6.07, 6.45) is -7.94. The third-order valence-corrected chi connectivity index (χ3v) is 3.17. The molecule has 1 heterocycles. The molecule has 0 aliphatic heterocycles. The molecule has 0 aliphatic carbocycles. The molecule has 2 nitrogen and oxygen atoms in total. The molecule has 0 amide bonds. The van der Waals surface area contributed by atoms with Crippen LogP contribution in [0.2, 0.25) is 0 Å². The Morgan fingerprint density at radius 2 is 1.75 bits per heavy atom. The van der Waals surface area contributed by atoms with Gasteiger partial charge in [0.05, 0.1) is 0 Å². The molecule has 0 N–H and O–H groups in total. The van der Waals surface area contributed by atoms with Gasteiger partial charge in [0.15, 0.2) is 10.00 Å². The van der Waals surface area contributed by atoms with Crippen LogP contribution in [0.5, 0.6) is 0 Å². The van der Waals surface area contributed by atoms with Crippen LogP contribution in [0.3, 0.4) is 0 Å². The number of alkyl halides is 3. The van der Waals surface area contributed by atoms with E-state index in [1.807, 2.05) is 0 Å². The molecule has 0 atom stereocenters. The summed E-state index contributed by atoms with van der Waals surface area (Å²) in [7, 11) is 0. The van der Waals surface area contributed by atoms with Gasteiger partial charge in [0.25, 0.3) is 6.08 Å². The maximum Gasteiger partial charge on any atom is 0.427 e. The van der Waals surface area contributed by atoms with Crippen molar-refractivity contribution >= 4 is 11.8 Å². The van der Waals surface area contributed by atoms with E-state index < -0.39 is 17.2 Å². The molecular formula is C12H6F5NOS. The molecule has 2 aromatic rings. The van der Waals surface area contributed by atoms with Gasteiger partial charge < -0.3 is 4.52 Å². The zero-order valence-corrected chi connectivity index (χ0v) is 10.4. The molecule has 0 saturated heterocycles. The molecular weight excluding hydrogens is 301 g/mol. The molecule has 0 fully saturated rings. The normalized spacial score (nSPS) is 11.4. The third kappa shape index (κ3) is 3.38. The Kier molecular flexibility index (Phi) is 4.12. The van der Waals surface area contributed by atoms with Gasteiger partial charge in [-0.1, -0.05) is 35.5 Å². The first-order valence-corrected chi connectivity index (χ1v) is 6.02. The largest absolute Gasteiger partial charge is 0.427 e. The summed E-state index contributed by atoms with van der Waals surface area (Å²) in [6, 6.07) is 9.68. The lowest BCUT2D eigenvalue weighted by atomic mass is 10.2. The minimum Gasteiger partial charge on any atom is -0.349 e. The van der Waals surface area contributed by atoms with Crippen molar-refractivity contribution in [3.8, 4) is 11.3 Å². The van der Waals surface area contributed by atoms with E-state index in [1.54, 1.807) is 30.3 Å². The number of hydrogen-bond acceptors (Lipinski definition) is 3. The molecule has 0 spiro atoms. The molecule has 0 radical (unpaired) electrons. The van der Waals surface area contributed by atoms with Crippen LogP contribution in [-0.2, 0) is 0 Å². The molecule has 0 unspecified atom stereocenters. The fourth-order valence-electron chi connectivity index (χ4n) is 1.36. The first-order chi connectivity index (χ1) is 9.38. The average molecular weight is 307 g/mol. The topological polar surface area (TPSA) is 26.0 Å². The highest BCUT2D eigenvalue weighted by atomic mass is 32.2. The lowest BCUT2D eigenvalue weighted by Crippen LogP contribution is -2.09. The van der Waals surface area contributed by atoms with E-state index >= 15 is 0 Å². The lowest BCUT2D eigenvalue weighted by molar-refractivity contribution is -0.0867. The maximum absolute atomic E-state index is 12.4. The molecule has 20 heavy (non-hydrogen) atoms. The van der Waals surface area contributed by atoms with Crippen molar-refractivity contribution in [2.45, 2.75) is 11.3 Å². The van der Waals surface area contributed by atoms with Gasteiger partial charge in [-0.05, 0) is 11.8 Å². The Bertz CT molecular complexity index is 616. The highest BCUT2D eigenvalue weighted by Gasteiger charge is 2.39. The van der Waals surface area contributed by atoms with Gasteiger partial charge in [0.2, 0.25) is 0 Å². The van der Waals surface area contributed by atoms with Gasteiger partial charge in [-0.3, -0.25) is 0 Å². The molecule has 1 aromatic heterocycles. The summed E-state index contributed by atoms with van der Waals surface area (Å²) in [6.45, 7) is 0. The predicted molar refractivity (Wildman–Crippen MR) is 63.1 cm³/mol. The summed E-state index contributed by atoms with van der Waals surface area (Å²) in [5.41, 5.74) is 0.884. The van der Waals surface area contributed by atoms with Gasteiger partial charge in [-0.2, -0.15) is 22.0 Å². The summed E-state index contributed by atoms with van der Waals surface area (Å²) in [4.78, 5) is -2.01. The Morgan fingerprint density at radius 3 is 2.30 bits per heavy atom. The van der Waals surface area contributed by atoms with E-state index in [2.05, 4.69) is 9.68 Å². The first-order valence-electron chi connectivity index (χ1n) is 5.20. The van der Waals surface area contributed by atoms with Crippen LogP contribution in [0.15, 0.2) is 57.0 Å². The molecule has 0 saturated carbocycles. The number of rotatable bonds is 3. The third-order valence-electron chi connectivity index (χ3n) is 2.19. The number of benzene rings is 1. The summed E-state index contributed by atoms with van der Waals surface area (Å²) in [5.74, 6) is 0. The average Bonchev–Trinajstić information content (AvgIpc) is 2.84. The fourth-order valence-corrected chi connectivity index (χ4v) is 1.99. The number of nitrogens with zero attached hydrogens (tertiary/aromatic N) is 1. The zero-order valence-electron chi connectivity index (χ0n) is 9.62.